The minimum Gasteiger partial charge on any atom is -0.505 e. The van der Waals surface area contributed by atoms with E-state index in [4.69, 9.17) is 11.0 Å². The zero-order chi connectivity index (χ0) is 12.1. The van der Waals surface area contributed by atoms with Crippen molar-refractivity contribution in [2.75, 3.05) is 0 Å². The number of allylic oxidation sites excluding steroid dienone is 1. The predicted molar refractivity (Wildman–Crippen MR) is 66.4 cm³/mol. The summed E-state index contributed by atoms with van der Waals surface area (Å²) in [6.07, 6.45) is 2.83. The van der Waals surface area contributed by atoms with E-state index in [1.165, 1.54) is 6.07 Å². The van der Waals surface area contributed by atoms with Gasteiger partial charge in [0.05, 0.1) is 11.6 Å². The number of hydrogen-bond donors (Lipinski definition) is 2. The molecule has 0 amide bonds. The lowest BCUT2D eigenvalue weighted by Gasteiger charge is -2.14. The molecule has 0 saturated heterocycles. The summed E-state index contributed by atoms with van der Waals surface area (Å²) >= 11 is 0. The highest BCUT2D eigenvalue weighted by atomic mass is 35.5. The van der Waals surface area contributed by atoms with Gasteiger partial charge in [0, 0.05) is 11.6 Å². The molecule has 3 nitrogen and oxygen atoms in total. The third-order valence-electron chi connectivity index (χ3n) is 2.34. The fourth-order valence-electron chi connectivity index (χ4n) is 1.50. The second-order valence-electron chi connectivity index (χ2n) is 3.44. The molecule has 17 heavy (non-hydrogen) atoms. The van der Waals surface area contributed by atoms with Gasteiger partial charge in [0.15, 0.2) is 11.6 Å². The predicted octanol–water partition coefficient (Wildman–Crippen LogP) is 2.79. The van der Waals surface area contributed by atoms with Crippen molar-refractivity contribution < 1.29 is 9.50 Å². The van der Waals surface area contributed by atoms with Crippen molar-refractivity contribution in [1.82, 2.24) is 0 Å². The lowest BCUT2D eigenvalue weighted by molar-refractivity contribution is 0.418. The number of rotatable bonds is 4. The van der Waals surface area contributed by atoms with Crippen LogP contribution in [0, 0.1) is 17.1 Å². The molecule has 1 rings (SSSR count). The van der Waals surface area contributed by atoms with E-state index in [-0.39, 0.29) is 23.5 Å². The molecule has 0 aliphatic rings. The highest BCUT2D eigenvalue weighted by Gasteiger charge is 2.18. The number of hydrogen-bond acceptors (Lipinski definition) is 3. The van der Waals surface area contributed by atoms with Crippen LogP contribution >= 0.6 is 12.4 Å². The summed E-state index contributed by atoms with van der Waals surface area (Å²) in [5.74, 6) is -1.29. The summed E-state index contributed by atoms with van der Waals surface area (Å²) in [6.45, 7) is 3.55. The number of benzene rings is 1. The Balaban J connectivity index is 0.00000256. The van der Waals surface area contributed by atoms with Crippen LogP contribution in [-0.2, 0) is 0 Å². The molecule has 0 aromatic heterocycles. The fourth-order valence-corrected chi connectivity index (χ4v) is 1.50. The van der Waals surface area contributed by atoms with E-state index < -0.39 is 17.6 Å². The molecule has 0 heterocycles. The quantitative estimate of drug-likeness (QED) is 0.814. The van der Waals surface area contributed by atoms with Crippen molar-refractivity contribution in [3.63, 3.8) is 0 Å². The number of phenolic OH excluding ortho intramolecular Hbond substituents is 1. The van der Waals surface area contributed by atoms with Gasteiger partial charge in [-0.1, -0.05) is 6.08 Å². The van der Waals surface area contributed by atoms with Gasteiger partial charge in [0.25, 0.3) is 0 Å². The molecular weight excluding hydrogens is 243 g/mol. The van der Waals surface area contributed by atoms with Crippen LogP contribution < -0.4 is 5.73 Å². The molecule has 5 heteroatoms. The van der Waals surface area contributed by atoms with Crippen LogP contribution in [0.2, 0.25) is 0 Å². The van der Waals surface area contributed by atoms with Crippen molar-refractivity contribution in [3.05, 3.63) is 41.7 Å². The molecule has 1 aromatic carbocycles. The molecule has 0 aliphatic carbocycles. The third-order valence-corrected chi connectivity index (χ3v) is 2.34. The summed E-state index contributed by atoms with van der Waals surface area (Å²) in [5.41, 5.74) is 6.18. The largest absolute Gasteiger partial charge is 0.505 e. The van der Waals surface area contributed by atoms with Crippen molar-refractivity contribution >= 4 is 12.4 Å². The summed E-state index contributed by atoms with van der Waals surface area (Å²) in [5, 5.41) is 18.4. The summed E-state index contributed by atoms with van der Waals surface area (Å²) in [6, 6.07) is 3.69. The van der Waals surface area contributed by atoms with E-state index in [0.29, 0.717) is 12.8 Å². The Hall–Kier alpha value is -1.57. The lowest BCUT2D eigenvalue weighted by Crippen LogP contribution is -2.12. The third kappa shape index (κ3) is 3.45. The fraction of sp³-hybridized carbons (Fsp3) is 0.250. The smallest absolute Gasteiger partial charge is 0.165 e. The minimum absolute atomic E-state index is 0. The zero-order valence-electron chi connectivity index (χ0n) is 9.19. The Morgan fingerprint density at radius 1 is 1.59 bits per heavy atom. The molecular formula is C12H14ClFN2O. The van der Waals surface area contributed by atoms with E-state index in [1.807, 2.05) is 6.07 Å². The summed E-state index contributed by atoms with van der Waals surface area (Å²) in [7, 11) is 0. The maximum Gasteiger partial charge on any atom is 0.165 e. The van der Waals surface area contributed by atoms with Gasteiger partial charge in [-0.15, -0.1) is 19.0 Å². The molecule has 0 fully saturated rings. The van der Waals surface area contributed by atoms with Crippen molar-refractivity contribution in [2.45, 2.75) is 18.9 Å². The Labute approximate surface area is 106 Å². The van der Waals surface area contributed by atoms with Gasteiger partial charge >= 0.3 is 0 Å². The maximum atomic E-state index is 13.1. The number of aromatic hydroxyl groups is 1. The van der Waals surface area contributed by atoms with E-state index in [9.17, 15) is 9.50 Å². The second-order valence-corrected chi connectivity index (χ2v) is 3.44. The average Bonchev–Trinajstić information content (AvgIpc) is 2.29. The number of halogens is 2. The standard InChI is InChI=1S/C12H13FN2O.ClH/c1-2-3-4-10(15)11-8(7-14)5-6-9(13)12(11)16;/h2,5-6,10,16H,1,3-4,15H2;1H/t10-;/m0./s1. The molecule has 0 unspecified atom stereocenters. The molecule has 0 spiro atoms. The van der Waals surface area contributed by atoms with Crippen LogP contribution in [-0.4, -0.2) is 5.11 Å². The van der Waals surface area contributed by atoms with E-state index in [0.717, 1.165) is 6.07 Å². The second kappa shape index (κ2) is 6.89. The first-order chi connectivity index (χ1) is 7.61. The van der Waals surface area contributed by atoms with E-state index in [2.05, 4.69) is 6.58 Å². The van der Waals surface area contributed by atoms with Crippen LogP contribution in [0.5, 0.6) is 5.75 Å². The Kier molecular flexibility index (Phi) is 6.26. The topological polar surface area (TPSA) is 70.0 Å². The van der Waals surface area contributed by atoms with Crippen LogP contribution in [0.3, 0.4) is 0 Å². The highest BCUT2D eigenvalue weighted by Crippen LogP contribution is 2.31. The highest BCUT2D eigenvalue weighted by molar-refractivity contribution is 5.85. The molecule has 3 N–H and O–H groups in total. The van der Waals surface area contributed by atoms with Crippen LogP contribution in [0.4, 0.5) is 4.39 Å². The molecule has 1 aromatic rings. The number of phenols is 1. The van der Waals surface area contributed by atoms with E-state index in [1.54, 1.807) is 6.08 Å². The van der Waals surface area contributed by atoms with E-state index >= 15 is 0 Å². The number of nitriles is 1. The molecule has 0 aliphatic heterocycles. The Morgan fingerprint density at radius 2 is 2.24 bits per heavy atom. The van der Waals surface area contributed by atoms with Gasteiger partial charge in [-0.05, 0) is 25.0 Å². The van der Waals surface area contributed by atoms with Crippen molar-refractivity contribution in [2.24, 2.45) is 5.73 Å². The van der Waals surface area contributed by atoms with Crippen molar-refractivity contribution in [1.29, 1.82) is 5.26 Å². The molecule has 0 radical (unpaired) electrons. The zero-order valence-corrected chi connectivity index (χ0v) is 10.0. The number of nitrogens with zero attached hydrogens (tertiary/aromatic N) is 1. The summed E-state index contributed by atoms with van der Waals surface area (Å²) in [4.78, 5) is 0. The first-order valence-electron chi connectivity index (χ1n) is 4.89. The molecule has 1 atom stereocenters. The van der Waals surface area contributed by atoms with Crippen LogP contribution in [0.15, 0.2) is 24.8 Å². The Bertz CT molecular complexity index is 443. The number of nitrogens with two attached hydrogens (primary N) is 1. The van der Waals surface area contributed by atoms with Gasteiger partial charge in [-0.3, -0.25) is 0 Å². The Morgan fingerprint density at radius 3 is 2.76 bits per heavy atom. The normalized spacial score (nSPS) is 11.1. The van der Waals surface area contributed by atoms with Crippen LogP contribution in [0.25, 0.3) is 0 Å². The van der Waals surface area contributed by atoms with Crippen LogP contribution in [0.1, 0.15) is 30.0 Å². The SMILES string of the molecule is C=CCC[C@H](N)c1c(C#N)ccc(F)c1O.Cl. The minimum atomic E-state index is -0.761. The maximum absolute atomic E-state index is 13.1. The molecule has 0 bridgehead atoms. The van der Waals surface area contributed by atoms with Gasteiger partial charge in [-0.2, -0.15) is 5.26 Å². The van der Waals surface area contributed by atoms with Gasteiger partial charge < -0.3 is 10.8 Å². The van der Waals surface area contributed by atoms with Gasteiger partial charge in [0.2, 0.25) is 0 Å². The lowest BCUT2D eigenvalue weighted by atomic mass is 9.96. The first-order valence-corrected chi connectivity index (χ1v) is 4.89. The van der Waals surface area contributed by atoms with Gasteiger partial charge in [0.1, 0.15) is 0 Å². The molecule has 92 valence electrons. The monoisotopic (exact) mass is 256 g/mol. The van der Waals surface area contributed by atoms with Crippen molar-refractivity contribution in [3.8, 4) is 11.8 Å². The average molecular weight is 257 g/mol. The first kappa shape index (κ1) is 15.4. The van der Waals surface area contributed by atoms with Gasteiger partial charge in [-0.25, -0.2) is 4.39 Å². The molecule has 0 saturated carbocycles. The summed E-state index contributed by atoms with van der Waals surface area (Å²) < 4.78 is 13.1.